The molecule has 1 aromatic rings. The minimum absolute atomic E-state index is 0.153. The lowest BCUT2D eigenvalue weighted by Gasteiger charge is -2.08. The molecular formula is C13H19NO2. The number of benzene rings is 1. The Bertz CT molecular complexity index is 336. The average molecular weight is 221 g/mol. The van der Waals surface area contributed by atoms with Crippen molar-refractivity contribution in [3.05, 3.63) is 35.4 Å². The lowest BCUT2D eigenvalue weighted by Crippen LogP contribution is -2.13. The Morgan fingerprint density at radius 1 is 1.31 bits per heavy atom. The molecule has 0 radical (unpaired) electrons. The Balaban J connectivity index is 2.66. The molecule has 1 rings (SSSR count). The summed E-state index contributed by atoms with van der Waals surface area (Å²) in [6.45, 7) is 3.18. The Hall–Kier alpha value is -1.35. The van der Waals surface area contributed by atoms with Crippen LogP contribution < -0.4 is 5.32 Å². The van der Waals surface area contributed by atoms with Crippen LogP contribution in [-0.4, -0.2) is 26.2 Å². The quantitative estimate of drug-likeness (QED) is 0.741. The number of likely N-dealkylation sites (N-methyl/N-ethyl adjacent to an activating group) is 1. The van der Waals surface area contributed by atoms with E-state index in [2.05, 4.69) is 11.4 Å². The van der Waals surface area contributed by atoms with Crippen molar-refractivity contribution in [2.45, 2.75) is 19.8 Å². The van der Waals surface area contributed by atoms with Crippen molar-refractivity contribution in [3.63, 3.8) is 0 Å². The van der Waals surface area contributed by atoms with Crippen LogP contribution in [0.3, 0.4) is 0 Å². The predicted molar refractivity (Wildman–Crippen MR) is 64.4 cm³/mol. The summed E-state index contributed by atoms with van der Waals surface area (Å²) in [5.41, 5.74) is 2.28. The summed E-state index contributed by atoms with van der Waals surface area (Å²) in [5, 5.41) is 3.11. The minimum Gasteiger partial charge on any atom is -0.466 e. The molecule has 3 heteroatoms. The lowest BCUT2D eigenvalue weighted by molar-refractivity contribution is -0.142. The van der Waals surface area contributed by atoms with Gasteiger partial charge in [0.05, 0.1) is 13.0 Å². The number of hydrogen-bond donors (Lipinski definition) is 1. The third-order valence-corrected chi connectivity index (χ3v) is 2.40. The first kappa shape index (κ1) is 12.7. The van der Waals surface area contributed by atoms with Crippen molar-refractivity contribution in [1.29, 1.82) is 0 Å². The third-order valence-electron chi connectivity index (χ3n) is 2.40. The van der Waals surface area contributed by atoms with Gasteiger partial charge in [-0.1, -0.05) is 24.3 Å². The molecule has 0 saturated carbocycles. The number of hydrogen-bond acceptors (Lipinski definition) is 3. The van der Waals surface area contributed by atoms with Crippen molar-refractivity contribution in [3.8, 4) is 0 Å². The molecule has 0 aliphatic carbocycles. The van der Waals surface area contributed by atoms with Crippen molar-refractivity contribution in [2.24, 2.45) is 0 Å². The van der Waals surface area contributed by atoms with Gasteiger partial charge >= 0.3 is 5.97 Å². The summed E-state index contributed by atoms with van der Waals surface area (Å²) in [5.74, 6) is -0.153. The van der Waals surface area contributed by atoms with Gasteiger partial charge in [-0.2, -0.15) is 0 Å². The van der Waals surface area contributed by atoms with Gasteiger partial charge in [-0.25, -0.2) is 0 Å². The third kappa shape index (κ3) is 4.03. The van der Waals surface area contributed by atoms with Crippen LogP contribution in [0.4, 0.5) is 0 Å². The van der Waals surface area contributed by atoms with Gasteiger partial charge in [0.2, 0.25) is 0 Å². The van der Waals surface area contributed by atoms with Crippen LogP contribution in [0.5, 0.6) is 0 Å². The molecule has 0 spiro atoms. The molecule has 0 aliphatic rings. The maximum absolute atomic E-state index is 11.4. The monoisotopic (exact) mass is 221 g/mol. The van der Waals surface area contributed by atoms with Gasteiger partial charge in [-0.05, 0) is 38.1 Å². The van der Waals surface area contributed by atoms with E-state index < -0.39 is 0 Å². The first-order valence-electron chi connectivity index (χ1n) is 5.65. The largest absolute Gasteiger partial charge is 0.466 e. The molecule has 16 heavy (non-hydrogen) atoms. The molecule has 1 aromatic carbocycles. The second-order valence-electron chi connectivity index (χ2n) is 3.60. The highest BCUT2D eigenvalue weighted by molar-refractivity contribution is 5.73. The SMILES string of the molecule is CCOC(=O)Cc1ccccc1CCNC. The standard InChI is InChI=1S/C13H19NO2/c1-3-16-13(15)10-12-7-5-4-6-11(12)8-9-14-2/h4-7,14H,3,8-10H2,1-2H3. The molecule has 0 heterocycles. The van der Waals surface area contributed by atoms with E-state index in [1.807, 2.05) is 32.2 Å². The number of esters is 1. The number of rotatable bonds is 6. The van der Waals surface area contributed by atoms with E-state index in [1.165, 1.54) is 5.56 Å². The van der Waals surface area contributed by atoms with Crippen molar-refractivity contribution >= 4 is 5.97 Å². The Morgan fingerprint density at radius 2 is 2.00 bits per heavy atom. The molecule has 3 nitrogen and oxygen atoms in total. The summed E-state index contributed by atoms with van der Waals surface area (Å²) in [6.07, 6.45) is 1.31. The number of carbonyl (C=O) groups excluding carboxylic acids is 1. The Morgan fingerprint density at radius 3 is 2.62 bits per heavy atom. The molecule has 0 saturated heterocycles. The molecule has 0 aromatic heterocycles. The molecule has 0 aliphatic heterocycles. The Kier molecular flexibility index (Phi) is 5.57. The van der Waals surface area contributed by atoms with Crippen molar-refractivity contribution in [2.75, 3.05) is 20.2 Å². The van der Waals surface area contributed by atoms with Gasteiger partial charge in [0.1, 0.15) is 0 Å². The fraction of sp³-hybridized carbons (Fsp3) is 0.462. The number of ether oxygens (including phenoxy) is 1. The molecule has 1 N–H and O–H groups in total. The predicted octanol–water partition coefficient (Wildman–Crippen LogP) is 1.55. The summed E-state index contributed by atoms with van der Waals surface area (Å²) in [7, 11) is 1.92. The van der Waals surface area contributed by atoms with Gasteiger partial charge in [0, 0.05) is 0 Å². The van der Waals surface area contributed by atoms with E-state index in [9.17, 15) is 4.79 Å². The molecule has 0 atom stereocenters. The van der Waals surface area contributed by atoms with Crippen molar-refractivity contribution in [1.82, 2.24) is 5.32 Å². The van der Waals surface area contributed by atoms with E-state index in [0.29, 0.717) is 13.0 Å². The average Bonchev–Trinajstić information content (AvgIpc) is 2.28. The van der Waals surface area contributed by atoms with E-state index in [-0.39, 0.29) is 5.97 Å². The highest BCUT2D eigenvalue weighted by Crippen LogP contribution is 2.10. The van der Waals surface area contributed by atoms with Crippen molar-refractivity contribution < 1.29 is 9.53 Å². The van der Waals surface area contributed by atoms with Gasteiger partial charge in [0.15, 0.2) is 0 Å². The minimum atomic E-state index is -0.153. The van der Waals surface area contributed by atoms with Gasteiger partial charge < -0.3 is 10.1 Å². The van der Waals surface area contributed by atoms with Crippen LogP contribution in [0.2, 0.25) is 0 Å². The molecule has 88 valence electrons. The maximum atomic E-state index is 11.4. The maximum Gasteiger partial charge on any atom is 0.310 e. The van der Waals surface area contributed by atoms with Gasteiger partial charge in [0.25, 0.3) is 0 Å². The molecule has 0 fully saturated rings. The highest BCUT2D eigenvalue weighted by atomic mass is 16.5. The molecule has 0 bridgehead atoms. The Labute approximate surface area is 96.8 Å². The summed E-state index contributed by atoms with van der Waals surface area (Å²) in [6, 6.07) is 8.00. The summed E-state index contributed by atoms with van der Waals surface area (Å²) >= 11 is 0. The van der Waals surface area contributed by atoms with Crippen LogP contribution in [-0.2, 0) is 22.4 Å². The molecule has 0 unspecified atom stereocenters. The van der Waals surface area contributed by atoms with Crippen LogP contribution in [0.15, 0.2) is 24.3 Å². The zero-order chi connectivity index (χ0) is 11.8. The normalized spacial score (nSPS) is 10.1. The second kappa shape index (κ2) is 7.01. The van der Waals surface area contributed by atoms with E-state index in [4.69, 9.17) is 4.74 Å². The van der Waals surface area contributed by atoms with E-state index in [1.54, 1.807) is 0 Å². The summed E-state index contributed by atoms with van der Waals surface area (Å²) in [4.78, 5) is 11.4. The van der Waals surface area contributed by atoms with Gasteiger partial charge in [-0.3, -0.25) is 4.79 Å². The number of carbonyl (C=O) groups is 1. The van der Waals surface area contributed by atoms with Crippen LogP contribution in [0.1, 0.15) is 18.1 Å². The molecule has 0 amide bonds. The van der Waals surface area contributed by atoms with Crippen LogP contribution >= 0.6 is 0 Å². The lowest BCUT2D eigenvalue weighted by atomic mass is 10.0. The van der Waals surface area contributed by atoms with Gasteiger partial charge in [-0.15, -0.1) is 0 Å². The van der Waals surface area contributed by atoms with Crippen LogP contribution in [0.25, 0.3) is 0 Å². The van der Waals surface area contributed by atoms with Crippen LogP contribution in [0, 0.1) is 0 Å². The highest BCUT2D eigenvalue weighted by Gasteiger charge is 2.07. The smallest absolute Gasteiger partial charge is 0.310 e. The fourth-order valence-corrected chi connectivity index (χ4v) is 1.60. The van der Waals surface area contributed by atoms with E-state index in [0.717, 1.165) is 18.5 Å². The zero-order valence-electron chi connectivity index (χ0n) is 9.95. The first-order chi connectivity index (χ1) is 7.77. The van der Waals surface area contributed by atoms with E-state index >= 15 is 0 Å². The topological polar surface area (TPSA) is 38.3 Å². The summed E-state index contributed by atoms with van der Waals surface area (Å²) < 4.78 is 4.95. The fourth-order valence-electron chi connectivity index (χ4n) is 1.60. The molecular weight excluding hydrogens is 202 g/mol. The second-order valence-corrected chi connectivity index (χ2v) is 3.60. The zero-order valence-corrected chi connectivity index (χ0v) is 9.95. The first-order valence-corrected chi connectivity index (χ1v) is 5.65. The number of nitrogens with one attached hydrogen (secondary N) is 1.